The van der Waals surface area contributed by atoms with E-state index in [2.05, 4.69) is 5.32 Å². The second-order valence-electron chi connectivity index (χ2n) is 6.23. The van der Waals surface area contributed by atoms with E-state index in [-0.39, 0.29) is 17.7 Å². The van der Waals surface area contributed by atoms with Crippen molar-refractivity contribution in [2.24, 2.45) is 5.92 Å². The first-order valence-corrected chi connectivity index (χ1v) is 7.54. The molecule has 2 atom stereocenters. The fourth-order valence-electron chi connectivity index (χ4n) is 2.99. The van der Waals surface area contributed by atoms with Crippen LogP contribution in [0.4, 0.5) is 0 Å². The average molecular weight is 303 g/mol. The zero-order valence-electron chi connectivity index (χ0n) is 12.0. The Morgan fingerprint density at radius 2 is 1.91 bits per heavy atom. The van der Waals surface area contributed by atoms with Gasteiger partial charge in [0, 0.05) is 5.92 Å². The third-order valence-electron chi connectivity index (χ3n) is 4.64. The summed E-state index contributed by atoms with van der Waals surface area (Å²) in [6.45, 7) is 1.09. The number of ether oxygens (including phenoxy) is 2. The molecule has 0 spiro atoms. The number of carboxylic acid groups (broad SMARTS) is 1. The van der Waals surface area contributed by atoms with E-state index < -0.39 is 11.5 Å². The SMILES string of the molecule is O=C(NC1(C(=O)O)CC1)C1CC1c1ccc2c(c1)OCCO2. The van der Waals surface area contributed by atoms with E-state index in [9.17, 15) is 9.59 Å². The van der Waals surface area contributed by atoms with Gasteiger partial charge in [0.1, 0.15) is 18.8 Å². The van der Waals surface area contributed by atoms with Gasteiger partial charge in [0.15, 0.2) is 11.5 Å². The van der Waals surface area contributed by atoms with Crippen molar-refractivity contribution in [1.29, 1.82) is 0 Å². The first kappa shape index (κ1) is 13.4. The third-order valence-corrected chi connectivity index (χ3v) is 4.64. The number of amides is 1. The van der Waals surface area contributed by atoms with Gasteiger partial charge in [-0.15, -0.1) is 0 Å². The van der Waals surface area contributed by atoms with Gasteiger partial charge in [-0.05, 0) is 42.9 Å². The number of carbonyl (C=O) groups excluding carboxylic acids is 1. The van der Waals surface area contributed by atoms with E-state index in [1.54, 1.807) is 0 Å². The molecule has 1 aliphatic heterocycles. The number of carbonyl (C=O) groups is 2. The Morgan fingerprint density at radius 1 is 1.18 bits per heavy atom. The highest BCUT2D eigenvalue weighted by Gasteiger charge is 2.54. The maximum atomic E-state index is 12.2. The number of aliphatic carboxylic acids is 1. The molecule has 6 nitrogen and oxygen atoms in total. The Morgan fingerprint density at radius 3 is 2.59 bits per heavy atom. The molecule has 1 amide bonds. The van der Waals surface area contributed by atoms with Crippen molar-refractivity contribution in [1.82, 2.24) is 5.32 Å². The summed E-state index contributed by atoms with van der Waals surface area (Å²) < 4.78 is 11.0. The van der Waals surface area contributed by atoms with Crippen LogP contribution in [0.5, 0.6) is 11.5 Å². The summed E-state index contributed by atoms with van der Waals surface area (Å²) in [6.07, 6.45) is 1.80. The Balaban J connectivity index is 1.44. The van der Waals surface area contributed by atoms with Crippen molar-refractivity contribution in [3.8, 4) is 11.5 Å². The highest BCUT2D eigenvalue weighted by molar-refractivity contribution is 5.92. The van der Waals surface area contributed by atoms with Crippen molar-refractivity contribution < 1.29 is 24.2 Å². The summed E-state index contributed by atoms with van der Waals surface area (Å²) in [7, 11) is 0. The molecular formula is C16H17NO5. The molecule has 2 fully saturated rings. The number of rotatable bonds is 4. The predicted octanol–water partition coefficient (Wildman–Crippen LogP) is 1.29. The maximum absolute atomic E-state index is 12.2. The van der Waals surface area contributed by atoms with Crippen LogP contribution in [-0.2, 0) is 9.59 Å². The Bertz CT molecular complexity index is 652. The second kappa shape index (κ2) is 4.63. The minimum absolute atomic E-state index is 0.139. The van der Waals surface area contributed by atoms with Crippen LogP contribution in [-0.4, -0.2) is 35.7 Å². The molecule has 6 heteroatoms. The fourth-order valence-corrected chi connectivity index (χ4v) is 2.99. The number of hydrogen-bond donors (Lipinski definition) is 2. The molecule has 2 N–H and O–H groups in total. The average Bonchev–Trinajstić information content (AvgIpc) is 3.40. The lowest BCUT2D eigenvalue weighted by molar-refractivity contribution is -0.143. The van der Waals surface area contributed by atoms with E-state index in [1.165, 1.54) is 0 Å². The largest absolute Gasteiger partial charge is 0.486 e. The molecule has 1 aromatic carbocycles. The van der Waals surface area contributed by atoms with Crippen LogP contribution in [0, 0.1) is 5.92 Å². The molecule has 0 radical (unpaired) electrons. The summed E-state index contributed by atoms with van der Waals surface area (Å²) in [4.78, 5) is 23.3. The minimum Gasteiger partial charge on any atom is -0.486 e. The Kier molecular flexibility index (Phi) is 2.82. The van der Waals surface area contributed by atoms with Crippen LogP contribution in [0.3, 0.4) is 0 Å². The monoisotopic (exact) mass is 303 g/mol. The lowest BCUT2D eigenvalue weighted by Crippen LogP contribution is -2.43. The van der Waals surface area contributed by atoms with Crippen LogP contribution in [0.25, 0.3) is 0 Å². The van der Waals surface area contributed by atoms with Crippen molar-refractivity contribution >= 4 is 11.9 Å². The first-order valence-electron chi connectivity index (χ1n) is 7.54. The molecule has 116 valence electrons. The zero-order valence-corrected chi connectivity index (χ0v) is 12.0. The summed E-state index contributed by atoms with van der Waals surface area (Å²) in [6, 6.07) is 5.75. The molecule has 22 heavy (non-hydrogen) atoms. The number of carboxylic acids is 1. The molecule has 2 unspecified atom stereocenters. The standard InChI is InChI=1S/C16H17NO5/c18-14(17-16(3-4-16)15(19)20)11-8-10(11)9-1-2-12-13(7-9)22-6-5-21-12/h1-2,7,10-11H,3-6,8H2,(H,17,18)(H,19,20). The summed E-state index contributed by atoms with van der Waals surface area (Å²) >= 11 is 0. The minimum atomic E-state index is -1.00. The van der Waals surface area contributed by atoms with Gasteiger partial charge in [-0.1, -0.05) is 6.07 Å². The van der Waals surface area contributed by atoms with Gasteiger partial charge in [-0.3, -0.25) is 4.79 Å². The molecule has 0 bridgehead atoms. The second-order valence-corrected chi connectivity index (χ2v) is 6.23. The van der Waals surface area contributed by atoms with Gasteiger partial charge in [0.25, 0.3) is 0 Å². The number of nitrogens with one attached hydrogen (secondary N) is 1. The van der Waals surface area contributed by atoms with Gasteiger partial charge >= 0.3 is 5.97 Å². The molecule has 1 heterocycles. The molecule has 0 aromatic heterocycles. The van der Waals surface area contributed by atoms with E-state index >= 15 is 0 Å². The van der Waals surface area contributed by atoms with Gasteiger partial charge in [0.05, 0.1) is 0 Å². The third kappa shape index (κ3) is 2.19. The van der Waals surface area contributed by atoms with Gasteiger partial charge in [-0.25, -0.2) is 4.79 Å². The number of hydrogen-bond acceptors (Lipinski definition) is 4. The van der Waals surface area contributed by atoms with Crippen LogP contribution >= 0.6 is 0 Å². The van der Waals surface area contributed by atoms with Gasteiger partial charge < -0.3 is 19.9 Å². The van der Waals surface area contributed by atoms with E-state index in [0.717, 1.165) is 23.5 Å². The van der Waals surface area contributed by atoms with Crippen molar-refractivity contribution in [2.75, 3.05) is 13.2 Å². The summed E-state index contributed by atoms with van der Waals surface area (Å²) in [5.74, 6) is 0.371. The van der Waals surface area contributed by atoms with E-state index in [1.807, 2.05) is 18.2 Å². The molecule has 4 rings (SSSR count). The molecule has 0 saturated heterocycles. The van der Waals surface area contributed by atoms with Crippen LogP contribution in [0.15, 0.2) is 18.2 Å². The molecule has 2 aliphatic carbocycles. The van der Waals surface area contributed by atoms with Crippen LogP contribution < -0.4 is 14.8 Å². The topological polar surface area (TPSA) is 84.9 Å². The Labute approximate surface area is 127 Å². The van der Waals surface area contributed by atoms with Crippen molar-refractivity contribution in [3.05, 3.63) is 23.8 Å². The first-order chi connectivity index (χ1) is 10.6. The fraction of sp³-hybridized carbons (Fsp3) is 0.500. The molecule has 2 saturated carbocycles. The number of fused-ring (bicyclic) bond motifs is 1. The molecule has 1 aromatic rings. The number of benzene rings is 1. The van der Waals surface area contributed by atoms with Gasteiger partial charge in [-0.2, -0.15) is 0 Å². The van der Waals surface area contributed by atoms with Crippen molar-refractivity contribution in [2.45, 2.75) is 30.7 Å². The smallest absolute Gasteiger partial charge is 0.329 e. The maximum Gasteiger partial charge on any atom is 0.329 e. The Hall–Kier alpha value is -2.24. The summed E-state index contributed by atoms with van der Waals surface area (Å²) in [5, 5.41) is 11.8. The van der Waals surface area contributed by atoms with Gasteiger partial charge in [0.2, 0.25) is 5.91 Å². The van der Waals surface area contributed by atoms with Crippen molar-refractivity contribution in [3.63, 3.8) is 0 Å². The predicted molar refractivity (Wildman–Crippen MR) is 76.0 cm³/mol. The zero-order chi connectivity index (χ0) is 15.3. The summed E-state index contributed by atoms with van der Waals surface area (Å²) in [5.41, 5.74) is 0.0430. The van der Waals surface area contributed by atoms with E-state index in [0.29, 0.717) is 26.1 Å². The van der Waals surface area contributed by atoms with E-state index in [4.69, 9.17) is 14.6 Å². The normalized spacial score (nSPS) is 26.9. The lowest BCUT2D eigenvalue weighted by Gasteiger charge is -2.19. The highest BCUT2D eigenvalue weighted by atomic mass is 16.6. The molecular weight excluding hydrogens is 286 g/mol. The van der Waals surface area contributed by atoms with Crippen LogP contribution in [0.2, 0.25) is 0 Å². The molecule has 3 aliphatic rings. The lowest BCUT2D eigenvalue weighted by atomic mass is 10.1. The quantitative estimate of drug-likeness (QED) is 0.875. The van der Waals surface area contributed by atoms with Crippen LogP contribution in [0.1, 0.15) is 30.7 Å². The highest BCUT2D eigenvalue weighted by Crippen LogP contribution is 2.50.